The molecule has 0 rings (SSSR count). The van der Waals surface area contributed by atoms with Crippen LogP contribution in [0.2, 0.25) is 0 Å². The molecule has 0 aromatic heterocycles. The molecule has 0 amide bonds. The molecule has 0 aromatic rings. The SMILES string of the molecule is CCCCCC[N+](C)(C)CCN(CC[N+](C)(C)CCCCCC)CC[N+](C)(C)CCCCCC. The highest BCUT2D eigenvalue weighted by Gasteiger charge is 2.23. The van der Waals surface area contributed by atoms with Crippen LogP contribution < -0.4 is 0 Å². The minimum absolute atomic E-state index is 1.17. The molecule has 4 heteroatoms. The molecule has 0 spiro atoms. The first kappa shape index (κ1) is 33.8. The molecule has 34 heavy (non-hydrogen) atoms. The van der Waals surface area contributed by atoms with E-state index < -0.39 is 0 Å². The van der Waals surface area contributed by atoms with Crippen molar-refractivity contribution in [1.29, 1.82) is 0 Å². The van der Waals surface area contributed by atoms with Crippen molar-refractivity contribution in [3.63, 3.8) is 0 Å². The van der Waals surface area contributed by atoms with Crippen LogP contribution in [0.15, 0.2) is 0 Å². The second-order valence-electron chi connectivity index (χ2n) is 13.2. The Bertz CT molecular complexity index is 392. The summed E-state index contributed by atoms with van der Waals surface area (Å²) in [6.45, 7) is 18.5. The predicted molar refractivity (Wildman–Crippen MR) is 154 cm³/mol. The van der Waals surface area contributed by atoms with Crippen LogP contribution in [0.25, 0.3) is 0 Å². The van der Waals surface area contributed by atoms with E-state index in [1.165, 1.54) is 149 Å². The first-order chi connectivity index (χ1) is 16.0. The maximum absolute atomic E-state index is 2.81. The van der Waals surface area contributed by atoms with Crippen molar-refractivity contribution in [3.8, 4) is 0 Å². The van der Waals surface area contributed by atoms with Crippen molar-refractivity contribution < 1.29 is 13.4 Å². The summed E-state index contributed by atoms with van der Waals surface area (Å²) in [7, 11) is 14.7. The molecule has 0 saturated carbocycles. The van der Waals surface area contributed by atoms with Crippen molar-refractivity contribution in [2.24, 2.45) is 0 Å². The standard InChI is InChI=1S/C30H69N4/c1-10-13-16-19-25-32(4,5)28-22-31(23-29-33(6,7)26-20-17-14-11-2)24-30-34(8,9)27-21-18-15-12-3/h10-30H2,1-9H3/q+3. The number of quaternary nitrogens is 3. The smallest absolute Gasteiger partial charge is 0.0911 e. The van der Waals surface area contributed by atoms with E-state index >= 15 is 0 Å². The van der Waals surface area contributed by atoms with E-state index in [1.54, 1.807) is 0 Å². The van der Waals surface area contributed by atoms with Gasteiger partial charge in [-0.3, -0.25) is 4.90 Å². The van der Waals surface area contributed by atoms with E-state index in [9.17, 15) is 0 Å². The zero-order valence-corrected chi connectivity index (χ0v) is 25.6. The van der Waals surface area contributed by atoms with Crippen LogP contribution in [0.1, 0.15) is 97.8 Å². The summed E-state index contributed by atoms with van der Waals surface area (Å²) in [5.74, 6) is 0. The molecule has 0 unspecified atom stereocenters. The first-order valence-electron chi connectivity index (χ1n) is 15.2. The zero-order valence-electron chi connectivity index (χ0n) is 25.6. The van der Waals surface area contributed by atoms with Gasteiger partial charge in [0, 0.05) is 19.6 Å². The third-order valence-electron chi connectivity index (χ3n) is 7.92. The van der Waals surface area contributed by atoms with Crippen LogP contribution in [-0.2, 0) is 0 Å². The normalized spacial score (nSPS) is 13.2. The molecule has 0 N–H and O–H groups in total. The Hall–Kier alpha value is -0.160. The van der Waals surface area contributed by atoms with Crippen LogP contribution in [0.3, 0.4) is 0 Å². The Morgan fingerprint density at radius 2 is 0.618 bits per heavy atom. The predicted octanol–water partition coefficient (Wildman–Crippen LogP) is 6.26. The summed E-state index contributed by atoms with van der Waals surface area (Å²) in [4.78, 5) is 2.81. The van der Waals surface area contributed by atoms with E-state index in [0.717, 1.165) is 0 Å². The molecule has 0 bridgehead atoms. The average Bonchev–Trinajstić information content (AvgIpc) is 2.77. The lowest BCUT2D eigenvalue weighted by molar-refractivity contribution is -0.895. The lowest BCUT2D eigenvalue weighted by atomic mass is 10.2. The highest BCUT2D eigenvalue weighted by atomic mass is 15.4. The molecule has 0 atom stereocenters. The number of hydrogen-bond acceptors (Lipinski definition) is 1. The highest BCUT2D eigenvalue weighted by Crippen LogP contribution is 2.10. The second kappa shape index (κ2) is 19.0. The fourth-order valence-corrected chi connectivity index (χ4v) is 4.81. The summed E-state index contributed by atoms with van der Waals surface area (Å²) in [5, 5.41) is 0. The maximum Gasteiger partial charge on any atom is 0.0911 e. The molecular weight excluding hydrogens is 416 g/mol. The van der Waals surface area contributed by atoms with E-state index in [2.05, 4.69) is 68.0 Å². The van der Waals surface area contributed by atoms with Crippen molar-refractivity contribution in [3.05, 3.63) is 0 Å². The largest absolute Gasteiger partial charge is 0.327 e. The topological polar surface area (TPSA) is 3.24 Å². The molecule has 0 aliphatic rings. The van der Waals surface area contributed by atoms with Crippen molar-refractivity contribution in [2.45, 2.75) is 97.8 Å². The molecule has 206 valence electrons. The lowest BCUT2D eigenvalue weighted by Gasteiger charge is -2.37. The second-order valence-corrected chi connectivity index (χ2v) is 13.2. The fraction of sp³-hybridized carbons (Fsp3) is 1.00. The zero-order chi connectivity index (χ0) is 25.9. The molecular formula is C30H69N4+3. The van der Waals surface area contributed by atoms with Gasteiger partial charge in [-0.1, -0.05) is 59.3 Å². The van der Waals surface area contributed by atoms with E-state index in [4.69, 9.17) is 0 Å². The summed E-state index contributed by atoms with van der Waals surface area (Å²) in [5.41, 5.74) is 0. The minimum atomic E-state index is 1.17. The molecule has 0 radical (unpaired) electrons. The van der Waals surface area contributed by atoms with Gasteiger partial charge >= 0.3 is 0 Å². The molecule has 0 heterocycles. The Balaban J connectivity index is 4.80. The number of hydrogen-bond donors (Lipinski definition) is 0. The van der Waals surface area contributed by atoms with Gasteiger partial charge in [0.25, 0.3) is 0 Å². The molecule has 0 aliphatic carbocycles. The third kappa shape index (κ3) is 20.1. The summed E-state index contributed by atoms with van der Waals surface area (Å²) >= 11 is 0. The Morgan fingerprint density at radius 3 is 0.853 bits per heavy atom. The van der Waals surface area contributed by atoms with Crippen LogP contribution in [0.5, 0.6) is 0 Å². The van der Waals surface area contributed by atoms with Gasteiger partial charge < -0.3 is 13.4 Å². The Kier molecular flexibility index (Phi) is 18.9. The van der Waals surface area contributed by atoms with Gasteiger partial charge in [-0.2, -0.15) is 0 Å². The van der Waals surface area contributed by atoms with Gasteiger partial charge in [0.05, 0.1) is 81.6 Å². The molecule has 4 nitrogen and oxygen atoms in total. The van der Waals surface area contributed by atoms with Gasteiger partial charge in [-0.15, -0.1) is 0 Å². The Morgan fingerprint density at radius 1 is 0.353 bits per heavy atom. The van der Waals surface area contributed by atoms with Gasteiger partial charge in [0.2, 0.25) is 0 Å². The van der Waals surface area contributed by atoms with E-state index in [-0.39, 0.29) is 0 Å². The third-order valence-corrected chi connectivity index (χ3v) is 7.92. The quantitative estimate of drug-likeness (QED) is 0.115. The van der Waals surface area contributed by atoms with Crippen LogP contribution in [0.4, 0.5) is 0 Å². The van der Waals surface area contributed by atoms with Gasteiger partial charge in [-0.05, 0) is 38.5 Å². The van der Waals surface area contributed by atoms with Crippen LogP contribution >= 0.6 is 0 Å². The maximum atomic E-state index is 2.81. The van der Waals surface area contributed by atoms with Crippen molar-refractivity contribution in [2.75, 3.05) is 101 Å². The average molecular weight is 486 g/mol. The van der Waals surface area contributed by atoms with Crippen molar-refractivity contribution in [1.82, 2.24) is 4.90 Å². The number of unbranched alkanes of at least 4 members (excludes halogenated alkanes) is 9. The summed E-state index contributed by atoms with van der Waals surface area (Å²) in [6, 6.07) is 0. The summed E-state index contributed by atoms with van der Waals surface area (Å²) < 4.78 is 3.51. The van der Waals surface area contributed by atoms with Gasteiger partial charge in [0.1, 0.15) is 0 Å². The fourth-order valence-electron chi connectivity index (χ4n) is 4.81. The minimum Gasteiger partial charge on any atom is -0.327 e. The molecule has 0 saturated heterocycles. The highest BCUT2D eigenvalue weighted by molar-refractivity contribution is 4.59. The lowest BCUT2D eigenvalue weighted by Crippen LogP contribution is -2.52. The molecule has 0 aliphatic heterocycles. The summed E-state index contributed by atoms with van der Waals surface area (Å²) in [6.07, 6.45) is 16.5. The number of nitrogens with zero attached hydrogens (tertiary/aromatic N) is 4. The number of rotatable bonds is 24. The van der Waals surface area contributed by atoms with E-state index in [1.807, 2.05) is 0 Å². The van der Waals surface area contributed by atoms with Crippen LogP contribution in [0, 0.1) is 0 Å². The molecule has 0 aromatic carbocycles. The number of likely N-dealkylation sites (N-methyl/N-ethyl adjacent to an activating group) is 3. The van der Waals surface area contributed by atoms with Crippen molar-refractivity contribution >= 4 is 0 Å². The monoisotopic (exact) mass is 486 g/mol. The van der Waals surface area contributed by atoms with Gasteiger partial charge in [0.15, 0.2) is 0 Å². The Labute approximate surface area is 217 Å². The molecule has 0 fully saturated rings. The van der Waals surface area contributed by atoms with Gasteiger partial charge in [-0.25, -0.2) is 0 Å². The van der Waals surface area contributed by atoms with E-state index in [0.29, 0.717) is 0 Å². The van der Waals surface area contributed by atoms with Crippen LogP contribution in [-0.4, -0.2) is 120 Å². The first-order valence-corrected chi connectivity index (χ1v) is 15.2.